The third-order valence-electron chi connectivity index (χ3n) is 6.25. The lowest BCUT2D eigenvalue weighted by molar-refractivity contribution is 0.414. The molecular formula is C29H26N2O4S. The predicted octanol–water partition coefficient (Wildman–Crippen LogP) is 6.22. The molecule has 0 N–H and O–H groups in total. The lowest BCUT2D eigenvalue weighted by Gasteiger charge is -2.15. The van der Waals surface area contributed by atoms with Crippen LogP contribution in [-0.2, 0) is 5.75 Å². The third kappa shape index (κ3) is 4.42. The maximum absolute atomic E-state index is 13.6. The zero-order chi connectivity index (χ0) is 25.4. The first kappa shape index (κ1) is 23.9. The van der Waals surface area contributed by atoms with Gasteiger partial charge in [0.05, 0.1) is 23.7 Å². The van der Waals surface area contributed by atoms with E-state index in [2.05, 4.69) is 19.9 Å². The van der Waals surface area contributed by atoms with E-state index in [1.165, 1.54) is 23.4 Å². The highest BCUT2D eigenvalue weighted by atomic mass is 32.2. The number of aromatic nitrogens is 2. The van der Waals surface area contributed by atoms with Gasteiger partial charge in [0.2, 0.25) is 0 Å². The van der Waals surface area contributed by atoms with Crippen molar-refractivity contribution >= 4 is 33.6 Å². The summed E-state index contributed by atoms with van der Waals surface area (Å²) in [4.78, 5) is 30.8. The fraction of sp³-hybridized carbons (Fsp3) is 0.207. The largest absolute Gasteiger partial charge is 0.497 e. The summed E-state index contributed by atoms with van der Waals surface area (Å²) < 4.78 is 12.5. The van der Waals surface area contributed by atoms with Gasteiger partial charge >= 0.3 is 5.63 Å². The molecule has 0 spiro atoms. The molecule has 0 aliphatic rings. The molecule has 0 bridgehead atoms. The molecule has 5 rings (SSSR count). The van der Waals surface area contributed by atoms with Crippen LogP contribution in [0.25, 0.3) is 27.6 Å². The molecule has 182 valence electrons. The molecule has 2 heterocycles. The first-order valence-corrected chi connectivity index (χ1v) is 12.7. The Morgan fingerprint density at radius 2 is 1.81 bits per heavy atom. The fourth-order valence-electron chi connectivity index (χ4n) is 4.46. The van der Waals surface area contributed by atoms with Crippen LogP contribution >= 0.6 is 11.8 Å². The SMILES string of the molecule is COc1cccc(-n2c(SCc3cc(=O)oc4cc(C)c(C(C)C)cc34)nc3ccccc3c2=O)c1. The van der Waals surface area contributed by atoms with Crippen LogP contribution in [0.15, 0.2) is 85.9 Å². The lowest BCUT2D eigenvalue weighted by Crippen LogP contribution is -2.21. The number of aryl methyl sites for hydroxylation is 1. The van der Waals surface area contributed by atoms with Gasteiger partial charge < -0.3 is 9.15 Å². The summed E-state index contributed by atoms with van der Waals surface area (Å²) in [6, 6.07) is 20.2. The maximum atomic E-state index is 13.6. The molecule has 0 fully saturated rings. The monoisotopic (exact) mass is 498 g/mol. The average Bonchev–Trinajstić information content (AvgIpc) is 2.86. The number of methoxy groups -OCH3 is 1. The minimum absolute atomic E-state index is 0.161. The number of hydrogen-bond acceptors (Lipinski definition) is 6. The topological polar surface area (TPSA) is 74.3 Å². The molecule has 7 heteroatoms. The van der Waals surface area contributed by atoms with Crippen molar-refractivity contribution < 1.29 is 9.15 Å². The molecular weight excluding hydrogens is 472 g/mol. The van der Waals surface area contributed by atoms with Gasteiger partial charge in [-0.05, 0) is 65.9 Å². The standard InChI is InChI=1S/C29H26N2O4S/c1-17(2)23-15-24-19(13-27(32)35-26(24)12-18(23)3)16-36-29-30-25-11-6-5-10-22(25)28(33)31(29)20-8-7-9-21(14-20)34-4/h5-15,17H,16H2,1-4H3. The Morgan fingerprint density at radius 1 is 1.00 bits per heavy atom. The van der Waals surface area contributed by atoms with Crippen molar-refractivity contribution in [2.24, 2.45) is 0 Å². The third-order valence-corrected chi connectivity index (χ3v) is 7.24. The van der Waals surface area contributed by atoms with E-state index in [-0.39, 0.29) is 5.56 Å². The molecule has 2 aromatic heterocycles. The van der Waals surface area contributed by atoms with E-state index >= 15 is 0 Å². The van der Waals surface area contributed by atoms with Crippen LogP contribution < -0.4 is 15.9 Å². The molecule has 0 radical (unpaired) electrons. The first-order valence-electron chi connectivity index (χ1n) is 11.7. The Kier molecular flexibility index (Phi) is 6.41. The summed E-state index contributed by atoms with van der Waals surface area (Å²) in [5.41, 5.74) is 4.44. The van der Waals surface area contributed by atoms with Crippen LogP contribution in [0, 0.1) is 6.92 Å². The van der Waals surface area contributed by atoms with Crippen molar-refractivity contribution in [2.75, 3.05) is 7.11 Å². The van der Waals surface area contributed by atoms with E-state index < -0.39 is 5.63 Å². The molecule has 0 atom stereocenters. The van der Waals surface area contributed by atoms with Gasteiger partial charge in [-0.2, -0.15) is 0 Å². The van der Waals surface area contributed by atoms with E-state index in [1.807, 2.05) is 55.5 Å². The minimum Gasteiger partial charge on any atom is -0.497 e. The molecule has 0 unspecified atom stereocenters. The molecule has 0 amide bonds. The number of hydrogen-bond donors (Lipinski definition) is 0. The highest BCUT2D eigenvalue weighted by Gasteiger charge is 2.16. The van der Waals surface area contributed by atoms with E-state index in [4.69, 9.17) is 14.1 Å². The van der Waals surface area contributed by atoms with Crippen molar-refractivity contribution in [2.45, 2.75) is 37.6 Å². The van der Waals surface area contributed by atoms with E-state index in [0.717, 1.165) is 16.5 Å². The number of para-hydroxylation sites is 1. The Labute approximate surface area is 212 Å². The predicted molar refractivity (Wildman–Crippen MR) is 145 cm³/mol. The van der Waals surface area contributed by atoms with Gasteiger partial charge in [0.1, 0.15) is 11.3 Å². The fourth-order valence-corrected chi connectivity index (χ4v) is 5.47. The van der Waals surface area contributed by atoms with Gasteiger partial charge in [0, 0.05) is 23.3 Å². The van der Waals surface area contributed by atoms with Crippen molar-refractivity contribution in [3.8, 4) is 11.4 Å². The molecule has 3 aromatic carbocycles. The van der Waals surface area contributed by atoms with E-state index in [1.54, 1.807) is 17.7 Å². The van der Waals surface area contributed by atoms with Gasteiger partial charge in [-0.25, -0.2) is 9.78 Å². The molecule has 36 heavy (non-hydrogen) atoms. The van der Waals surface area contributed by atoms with Crippen molar-refractivity contribution in [3.05, 3.63) is 104 Å². The van der Waals surface area contributed by atoms with Crippen LogP contribution in [0.3, 0.4) is 0 Å². The highest BCUT2D eigenvalue weighted by molar-refractivity contribution is 7.98. The second kappa shape index (κ2) is 9.66. The van der Waals surface area contributed by atoms with Crippen LogP contribution in [0.4, 0.5) is 0 Å². The van der Waals surface area contributed by atoms with Crippen molar-refractivity contribution in [1.82, 2.24) is 9.55 Å². The minimum atomic E-state index is -0.397. The molecule has 0 saturated heterocycles. The second-order valence-corrected chi connectivity index (χ2v) is 9.94. The Morgan fingerprint density at radius 3 is 2.58 bits per heavy atom. The van der Waals surface area contributed by atoms with E-state index in [9.17, 15) is 9.59 Å². The summed E-state index contributed by atoms with van der Waals surface area (Å²) >= 11 is 1.41. The summed E-state index contributed by atoms with van der Waals surface area (Å²) in [5, 5.41) is 1.96. The van der Waals surface area contributed by atoms with Gasteiger partial charge in [0.25, 0.3) is 5.56 Å². The van der Waals surface area contributed by atoms with Crippen LogP contribution in [0.1, 0.15) is 36.5 Å². The second-order valence-electron chi connectivity index (χ2n) is 8.99. The average molecular weight is 499 g/mol. The van der Waals surface area contributed by atoms with Gasteiger partial charge in [-0.15, -0.1) is 0 Å². The highest BCUT2D eigenvalue weighted by Crippen LogP contribution is 2.31. The number of thioether (sulfide) groups is 1. The summed E-state index contributed by atoms with van der Waals surface area (Å²) in [6.45, 7) is 6.32. The molecule has 0 saturated carbocycles. The molecule has 0 aliphatic carbocycles. The Balaban J connectivity index is 1.65. The molecule has 6 nitrogen and oxygen atoms in total. The van der Waals surface area contributed by atoms with Crippen LogP contribution in [0.2, 0.25) is 0 Å². The molecule has 0 aliphatic heterocycles. The summed E-state index contributed by atoms with van der Waals surface area (Å²) in [5.74, 6) is 1.42. The zero-order valence-corrected chi connectivity index (χ0v) is 21.4. The van der Waals surface area contributed by atoms with Crippen molar-refractivity contribution in [3.63, 3.8) is 0 Å². The summed E-state index contributed by atoms with van der Waals surface area (Å²) in [6.07, 6.45) is 0. The Hall–Kier alpha value is -3.84. The van der Waals surface area contributed by atoms with Gasteiger partial charge in [-0.3, -0.25) is 9.36 Å². The van der Waals surface area contributed by atoms with Crippen LogP contribution in [0.5, 0.6) is 5.75 Å². The Bertz CT molecular complexity index is 1720. The van der Waals surface area contributed by atoms with Gasteiger partial charge in [-0.1, -0.05) is 43.8 Å². The lowest BCUT2D eigenvalue weighted by atomic mass is 9.95. The van der Waals surface area contributed by atoms with Gasteiger partial charge in [0.15, 0.2) is 5.16 Å². The molecule has 5 aromatic rings. The first-order chi connectivity index (χ1) is 17.4. The number of fused-ring (bicyclic) bond motifs is 2. The number of nitrogens with zero attached hydrogens (tertiary/aromatic N) is 2. The van der Waals surface area contributed by atoms with Crippen LogP contribution in [-0.4, -0.2) is 16.7 Å². The number of benzene rings is 3. The zero-order valence-electron chi connectivity index (χ0n) is 20.6. The normalized spacial score (nSPS) is 11.5. The number of rotatable bonds is 6. The quantitative estimate of drug-likeness (QED) is 0.157. The summed E-state index contributed by atoms with van der Waals surface area (Å²) in [7, 11) is 1.59. The smallest absolute Gasteiger partial charge is 0.336 e. The maximum Gasteiger partial charge on any atom is 0.336 e. The van der Waals surface area contributed by atoms with E-state index in [0.29, 0.717) is 44.8 Å². The number of ether oxygens (including phenoxy) is 1. The van der Waals surface area contributed by atoms with Crippen molar-refractivity contribution in [1.29, 1.82) is 0 Å².